The summed E-state index contributed by atoms with van der Waals surface area (Å²) < 4.78 is 11.0. The van der Waals surface area contributed by atoms with Crippen LogP contribution in [0.2, 0.25) is 0 Å². The van der Waals surface area contributed by atoms with E-state index in [9.17, 15) is 9.90 Å². The third-order valence-corrected chi connectivity index (χ3v) is 6.19. The number of ether oxygens (including phenoxy) is 2. The fraction of sp³-hybridized carbons (Fsp3) is 0.714. The summed E-state index contributed by atoms with van der Waals surface area (Å²) in [5.41, 5.74) is 2.56. The molecule has 0 aromatic carbocycles. The lowest BCUT2D eigenvalue weighted by atomic mass is 9.89. The van der Waals surface area contributed by atoms with Gasteiger partial charge in [-0.05, 0) is 57.9 Å². The van der Waals surface area contributed by atoms with E-state index < -0.39 is 5.60 Å². The van der Waals surface area contributed by atoms with E-state index in [1.54, 1.807) is 12.0 Å². The molecule has 0 saturated carbocycles. The number of aliphatic imine (C=N–C) groups is 1. The van der Waals surface area contributed by atoms with Crippen molar-refractivity contribution in [2.45, 2.75) is 58.5 Å². The zero-order chi connectivity index (χ0) is 20.3. The van der Waals surface area contributed by atoms with Crippen molar-refractivity contribution in [2.75, 3.05) is 33.4 Å². The molecular weight excluding hydrogens is 358 g/mol. The predicted molar refractivity (Wildman–Crippen MR) is 108 cm³/mol. The van der Waals surface area contributed by atoms with Gasteiger partial charge in [0.2, 0.25) is 0 Å². The van der Waals surface area contributed by atoms with Gasteiger partial charge in [-0.2, -0.15) is 0 Å². The number of nitrogens with zero attached hydrogens (tertiary/aromatic N) is 2. The van der Waals surface area contributed by atoms with E-state index in [0.717, 1.165) is 43.1 Å². The van der Waals surface area contributed by atoms with Crippen molar-refractivity contribution >= 4 is 11.9 Å². The van der Waals surface area contributed by atoms with Crippen LogP contribution in [0.3, 0.4) is 0 Å². The molecule has 7 heteroatoms. The van der Waals surface area contributed by atoms with Crippen LogP contribution in [-0.4, -0.2) is 60.9 Å². The highest BCUT2D eigenvalue weighted by atomic mass is 16.5. The molecule has 3 rings (SSSR count). The lowest BCUT2D eigenvalue weighted by Crippen LogP contribution is -2.49. The van der Waals surface area contributed by atoms with Crippen LogP contribution in [0.15, 0.2) is 27.6 Å². The molecule has 0 spiro atoms. The quantitative estimate of drug-likeness (QED) is 0.709. The molecule has 7 nitrogen and oxygen atoms in total. The van der Waals surface area contributed by atoms with Gasteiger partial charge in [0.05, 0.1) is 24.2 Å². The molecule has 2 saturated heterocycles. The Morgan fingerprint density at radius 1 is 1.29 bits per heavy atom. The van der Waals surface area contributed by atoms with Crippen molar-refractivity contribution in [3.05, 3.63) is 22.6 Å². The molecule has 2 N–H and O–H groups in total. The Morgan fingerprint density at radius 3 is 2.54 bits per heavy atom. The number of piperidine rings is 1. The standard InChI is InChI=1S/C21H33N3O4/c1-14(16-5-11-28-12-6-16)19-17(15(2)27-4)13-18(22-19)23-20(25)24-9-7-21(3,26)8-10-24/h16,26H,5-13H2,1-4H3,(H,22,23,25)/b17-15+,19-14-. The van der Waals surface area contributed by atoms with Crippen molar-refractivity contribution in [3.63, 3.8) is 0 Å². The Hall–Kier alpha value is -1.86. The first-order valence-corrected chi connectivity index (χ1v) is 10.2. The maximum atomic E-state index is 12.7. The number of methoxy groups -OCH3 is 1. The summed E-state index contributed by atoms with van der Waals surface area (Å²) >= 11 is 0. The minimum Gasteiger partial charge on any atom is -0.501 e. The van der Waals surface area contributed by atoms with Crippen molar-refractivity contribution in [3.8, 4) is 0 Å². The van der Waals surface area contributed by atoms with E-state index in [1.165, 1.54) is 5.57 Å². The zero-order valence-corrected chi connectivity index (χ0v) is 17.5. The maximum Gasteiger partial charge on any atom is 0.322 e. The van der Waals surface area contributed by atoms with Gasteiger partial charge < -0.3 is 19.5 Å². The molecule has 0 unspecified atom stereocenters. The third-order valence-electron chi connectivity index (χ3n) is 6.19. The molecule has 0 aromatic rings. The molecule has 0 atom stereocenters. The number of allylic oxidation sites excluding steroid dienone is 3. The number of urea groups is 1. The van der Waals surface area contributed by atoms with Crippen LogP contribution in [0.4, 0.5) is 4.79 Å². The molecule has 0 aliphatic carbocycles. The summed E-state index contributed by atoms with van der Waals surface area (Å²) in [5, 5.41) is 13.1. The number of hydrogen-bond donors (Lipinski definition) is 2. The summed E-state index contributed by atoms with van der Waals surface area (Å²) in [6.45, 7) is 8.57. The van der Waals surface area contributed by atoms with Gasteiger partial charge in [0.25, 0.3) is 0 Å². The fourth-order valence-corrected chi connectivity index (χ4v) is 4.02. The normalized spacial score (nSPS) is 26.6. The predicted octanol–water partition coefficient (Wildman–Crippen LogP) is 2.97. The van der Waals surface area contributed by atoms with Crippen molar-refractivity contribution < 1.29 is 19.4 Å². The molecule has 3 heterocycles. The van der Waals surface area contributed by atoms with E-state index in [0.29, 0.717) is 44.1 Å². The second kappa shape index (κ2) is 8.66. The minimum atomic E-state index is -0.677. The smallest absolute Gasteiger partial charge is 0.322 e. The molecule has 0 bridgehead atoms. The van der Waals surface area contributed by atoms with Crippen LogP contribution in [-0.2, 0) is 9.47 Å². The minimum absolute atomic E-state index is 0.145. The number of likely N-dealkylation sites (tertiary alicyclic amines) is 1. The monoisotopic (exact) mass is 391 g/mol. The van der Waals surface area contributed by atoms with Gasteiger partial charge in [-0.25, -0.2) is 9.79 Å². The molecule has 2 amide bonds. The second-order valence-corrected chi connectivity index (χ2v) is 8.31. The second-order valence-electron chi connectivity index (χ2n) is 8.31. The first-order valence-electron chi connectivity index (χ1n) is 10.2. The van der Waals surface area contributed by atoms with Crippen LogP contribution in [0, 0.1) is 5.92 Å². The van der Waals surface area contributed by atoms with E-state index >= 15 is 0 Å². The number of hydrogen-bond acceptors (Lipinski definition) is 5. The van der Waals surface area contributed by atoms with Gasteiger partial charge in [0.15, 0.2) is 0 Å². The Bertz CT molecular complexity index is 692. The number of amidine groups is 1. The number of carbonyl (C=O) groups is 1. The molecule has 3 aliphatic rings. The van der Waals surface area contributed by atoms with Gasteiger partial charge in [0.1, 0.15) is 5.84 Å². The molecule has 0 aromatic heterocycles. The van der Waals surface area contributed by atoms with Crippen LogP contribution < -0.4 is 5.32 Å². The Labute approximate surface area is 167 Å². The number of carbonyl (C=O) groups excluding carboxylic acids is 1. The van der Waals surface area contributed by atoms with E-state index in [-0.39, 0.29) is 6.03 Å². The molecule has 2 fully saturated rings. The molecular formula is C21H33N3O4. The van der Waals surface area contributed by atoms with Gasteiger partial charge in [-0.1, -0.05) is 0 Å². The first kappa shape index (κ1) is 20.9. The molecule has 3 aliphatic heterocycles. The number of aliphatic hydroxyl groups is 1. The summed E-state index contributed by atoms with van der Waals surface area (Å²) in [7, 11) is 1.67. The summed E-state index contributed by atoms with van der Waals surface area (Å²) in [4.78, 5) is 19.2. The van der Waals surface area contributed by atoms with Crippen LogP contribution in [0.5, 0.6) is 0 Å². The van der Waals surface area contributed by atoms with Gasteiger partial charge >= 0.3 is 6.03 Å². The van der Waals surface area contributed by atoms with Crippen molar-refractivity contribution in [2.24, 2.45) is 10.9 Å². The van der Waals surface area contributed by atoms with Gasteiger partial charge in [-0.15, -0.1) is 0 Å². The van der Waals surface area contributed by atoms with Crippen molar-refractivity contribution in [1.82, 2.24) is 10.2 Å². The van der Waals surface area contributed by atoms with Crippen LogP contribution >= 0.6 is 0 Å². The molecule has 156 valence electrons. The highest BCUT2D eigenvalue weighted by molar-refractivity contribution is 6.01. The van der Waals surface area contributed by atoms with Gasteiger partial charge in [0, 0.05) is 38.3 Å². The highest BCUT2D eigenvalue weighted by Gasteiger charge is 2.32. The number of rotatable bonds is 2. The highest BCUT2D eigenvalue weighted by Crippen LogP contribution is 2.35. The molecule has 28 heavy (non-hydrogen) atoms. The van der Waals surface area contributed by atoms with Crippen LogP contribution in [0.1, 0.15) is 52.9 Å². The largest absolute Gasteiger partial charge is 0.501 e. The Morgan fingerprint density at radius 2 is 1.93 bits per heavy atom. The lowest BCUT2D eigenvalue weighted by Gasteiger charge is -2.35. The van der Waals surface area contributed by atoms with E-state index in [2.05, 4.69) is 12.2 Å². The van der Waals surface area contributed by atoms with E-state index in [1.807, 2.05) is 13.8 Å². The maximum absolute atomic E-state index is 12.7. The van der Waals surface area contributed by atoms with Crippen LogP contribution in [0.25, 0.3) is 0 Å². The average molecular weight is 392 g/mol. The number of amides is 2. The summed E-state index contributed by atoms with van der Waals surface area (Å²) in [5.74, 6) is 1.95. The number of nitrogens with one attached hydrogen (secondary N) is 1. The summed E-state index contributed by atoms with van der Waals surface area (Å²) in [6.07, 6.45) is 3.75. The average Bonchev–Trinajstić information content (AvgIpc) is 3.11. The Balaban J connectivity index is 1.75. The topological polar surface area (TPSA) is 83.4 Å². The third kappa shape index (κ3) is 4.75. The lowest BCUT2D eigenvalue weighted by molar-refractivity contribution is 0.00483. The zero-order valence-electron chi connectivity index (χ0n) is 17.5. The van der Waals surface area contributed by atoms with Gasteiger partial charge in [-0.3, -0.25) is 5.32 Å². The van der Waals surface area contributed by atoms with E-state index in [4.69, 9.17) is 14.5 Å². The molecule has 0 radical (unpaired) electrons. The summed E-state index contributed by atoms with van der Waals surface area (Å²) in [6, 6.07) is -0.145. The Kier molecular flexibility index (Phi) is 6.45. The first-order chi connectivity index (χ1) is 13.3. The SMILES string of the molecule is CO/C(C)=C1\CC(NC(=O)N2CCC(C)(O)CC2)=N\C1=C(\C)C1CCOCC1. The fourth-order valence-electron chi connectivity index (χ4n) is 4.02. The van der Waals surface area contributed by atoms with Crippen molar-refractivity contribution in [1.29, 1.82) is 0 Å².